The van der Waals surface area contributed by atoms with Gasteiger partial charge in [0.1, 0.15) is 10.6 Å². The smallest absolute Gasteiger partial charge is 0.341 e. The van der Waals surface area contributed by atoms with Crippen molar-refractivity contribution in [2.45, 2.75) is 13.3 Å². The molecule has 1 aromatic rings. The van der Waals surface area contributed by atoms with E-state index in [0.29, 0.717) is 17.0 Å². The van der Waals surface area contributed by atoms with Crippen LogP contribution in [0.15, 0.2) is 10.4 Å². The van der Waals surface area contributed by atoms with E-state index in [2.05, 4.69) is 9.73 Å². The largest absolute Gasteiger partial charge is 0.465 e. The second-order valence-corrected chi connectivity index (χ2v) is 3.35. The molecule has 0 aromatic carbocycles. The van der Waals surface area contributed by atoms with Crippen molar-refractivity contribution in [1.29, 1.82) is 0 Å². The van der Waals surface area contributed by atoms with Gasteiger partial charge in [-0.1, -0.05) is 6.92 Å². The van der Waals surface area contributed by atoms with Gasteiger partial charge in [0.05, 0.1) is 7.11 Å². The van der Waals surface area contributed by atoms with Crippen LogP contribution in [0, 0.1) is 0 Å². The van der Waals surface area contributed by atoms with E-state index in [-0.39, 0.29) is 0 Å². The monoisotopic (exact) mass is 211 g/mol. The van der Waals surface area contributed by atoms with Gasteiger partial charge in [-0.25, -0.2) is 9.59 Å². The third-order valence-electron chi connectivity index (χ3n) is 1.77. The van der Waals surface area contributed by atoms with E-state index in [0.717, 1.165) is 5.56 Å². The first-order chi connectivity index (χ1) is 6.74. The molecule has 0 fully saturated rings. The number of isocyanates is 1. The highest BCUT2D eigenvalue weighted by Crippen LogP contribution is 2.31. The number of nitrogens with zero attached hydrogens (tertiary/aromatic N) is 1. The van der Waals surface area contributed by atoms with Gasteiger partial charge in [-0.15, -0.1) is 11.3 Å². The fourth-order valence-corrected chi connectivity index (χ4v) is 2.05. The van der Waals surface area contributed by atoms with E-state index in [1.807, 2.05) is 6.92 Å². The number of carbonyl (C=O) groups excluding carboxylic acids is 2. The average Bonchev–Trinajstić information content (AvgIpc) is 2.60. The summed E-state index contributed by atoms with van der Waals surface area (Å²) in [7, 11) is 1.30. The van der Waals surface area contributed by atoms with Gasteiger partial charge in [0, 0.05) is 0 Å². The molecular weight excluding hydrogens is 202 g/mol. The van der Waals surface area contributed by atoms with Crippen LogP contribution in [0.25, 0.3) is 0 Å². The molecule has 1 rings (SSSR count). The number of hydrogen-bond acceptors (Lipinski definition) is 5. The number of esters is 1. The van der Waals surface area contributed by atoms with Crippen LogP contribution < -0.4 is 0 Å². The summed E-state index contributed by atoms with van der Waals surface area (Å²) in [6.07, 6.45) is 2.12. The number of ether oxygens (including phenoxy) is 1. The van der Waals surface area contributed by atoms with Gasteiger partial charge in [0.15, 0.2) is 0 Å². The first-order valence-electron chi connectivity index (χ1n) is 4.01. The summed E-state index contributed by atoms with van der Waals surface area (Å²) in [4.78, 5) is 24.9. The van der Waals surface area contributed by atoms with Crippen LogP contribution in [-0.4, -0.2) is 19.2 Å². The van der Waals surface area contributed by atoms with Crippen LogP contribution in [-0.2, 0) is 16.0 Å². The minimum atomic E-state index is -0.461. The quantitative estimate of drug-likeness (QED) is 0.437. The lowest BCUT2D eigenvalue weighted by Crippen LogP contribution is -2.02. The SMILES string of the molecule is CCc1csc(N=C=O)c1C(=O)OC. The summed E-state index contributed by atoms with van der Waals surface area (Å²) in [5.41, 5.74) is 1.22. The van der Waals surface area contributed by atoms with Gasteiger partial charge >= 0.3 is 5.97 Å². The Morgan fingerprint density at radius 1 is 1.71 bits per heavy atom. The lowest BCUT2D eigenvalue weighted by Gasteiger charge is -1.99. The van der Waals surface area contributed by atoms with Crippen LogP contribution >= 0.6 is 11.3 Å². The van der Waals surface area contributed by atoms with E-state index >= 15 is 0 Å². The Balaban J connectivity index is 3.25. The molecule has 0 spiro atoms. The zero-order valence-electron chi connectivity index (χ0n) is 7.86. The third-order valence-corrected chi connectivity index (χ3v) is 2.69. The third kappa shape index (κ3) is 1.89. The molecule has 1 aromatic heterocycles. The number of carbonyl (C=O) groups is 1. The summed E-state index contributed by atoms with van der Waals surface area (Å²) in [6, 6.07) is 0. The molecule has 0 atom stereocenters. The number of thiophene rings is 1. The highest BCUT2D eigenvalue weighted by Gasteiger charge is 2.18. The molecule has 0 aliphatic carbocycles. The number of rotatable bonds is 3. The minimum Gasteiger partial charge on any atom is -0.465 e. The average molecular weight is 211 g/mol. The second-order valence-electron chi connectivity index (χ2n) is 2.49. The Hall–Kier alpha value is -1.45. The molecule has 0 aliphatic heterocycles. The van der Waals surface area contributed by atoms with Crippen molar-refractivity contribution >= 4 is 28.4 Å². The lowest BCUT2D eigenvalue weighted by atomic mass is 10.1. The Morgan fingerprint density at radius 2 is 2.43 bits per heavy atom. The molecule has 0 saturated carbocycles. The number of aryl methyl sites for hydroxylation is 1. The van der Waals surface area contributed by atoms with E-state index in [9.17, 15) is 9.59 Å². The minimum absolute atomic E-state index is 0.365. The number of methoxy groups -OCH3 is 1. The van der Waals surface area contributed by atoms with Crippen molar-refractivity contribution < 1.29 is 14.3 Å². The molecule has 0 N–H and O–H groups in total. The summed E-state index contributed by atoms with van der Waals surface area (Å²) in [5.74, 6) is -0.461. The van der Waals surface area contributed by atoms with Gasteiger partial charge in [-0.3, -0.25) is 0 Å². The molecule has 0 bridgehead atoms. The van der Waals surface area contributed by atoms with E-state index in [1.54, 1.807) is 5.38 Å². The zero-order valence-corrected chi connectivity index (χ0v) is 8.68. The van der Waals surface area contributed by atoms with Crippen molar-refractivity contribution in [1.82, 2.24) is 0 Å². The van der Waals surface area contributed by atoms with Gasteiger partial charge in [0.25, 0.3) is 0 Å². The molecule has 0 unspecified atom stereocenters. The van der Waals surface area contributed by atoms with E-state index < -0.39 is 5.97 Å². The maximum Gasteiger partial charge on any atom is 0.341 e. The maximum absolute atomic E-state index is 11.3. The molecule has 0 radical (unpaired) electrons. The summed E-state index contributed by atoms with van der Waals surface area (Å²) in [5, 5.41) is 2.16. The first-order valence-corrected chi connectivity index (χ1v) is 4.89. The molecule has 1 heterocycles. The first kappa shape index (κ1) is 10.6. The molecule has 5 heteroatoms. The van der Waals surface area contributed by atoms with Crippen LogP contribution in [0.2, 0.25) is 0 Å². The highest BCUT2D eigenvalue weighted by molar-refractivity contribution is 7.14. The number of hydrogen-bond donors (Lipinski definition) is 0. The Morgan fingerprint density at radius 3 is 2.93 bits per heavy atom. The predicted molar refractivity (Wildman–Crippen MR) is 52.8 cm³/mol. The predicted octanol–water partition coefficient (Wildman–Crippen LogP) is 2.06. The van der Waals surface area contributed by atoms with Crippen molar-refractivity contribution in [3.8, 4) is 0 Å². The zero-order chi connectivity index (χ0) is 10.6. The fraction of sp³-hybridized carbons (Fsp3) is 0.333. The molecule has 14 heavy (non-hydrogen) atoms. The van der Waals surface area contributed by atoms with Crippen molar-refractivity contribution in [3.05, 3.63) is 16.5 Å². The fourth-order valence-electron chi connectivity index (χ4n) is 1.09. The Labute approximate surface area is 85.2 Å². The van der Waals surface area contributed by atoms with Crippen molar-refractivity contribution in [3.63, 3.8) is 0 Å². The Bertz CT molecular complexity index is 391. The second kappa shape index (κ2) is 4.69. The Kier molecular flexibility index (Phi) is 3.56. The maximum atomic E-state index is 11.3. The highest BCUT2D eigenvalue weighted by atomic mass is 32.1. The standard InChI is InChI=1S/C9H9NO3S/c1-3-6-4-14-8(10-5-11)7(6)9(12)13-2/h4H,3H2,1-2H3. The molecule has 0 saturated heterocycles. The summed E-state index contributed by atoms with van der Waals surface area (Å²) < 4.78 is 4.60. The van der Waals surface area contributed by atoms with Crippen LogP contribution in [0.3, 0.4) is 0 Å². The normalized spacial score (nSPS) is 9.29. The topological polar surface area (TPSA) is 55.7 Å². The molecule has 4 nitrogen and oxygen atoms in total. The van der Waals surface area contributed by atoms with Gasteiger partial charge in [-0.05, 0) is 17.4 Å². The number of aliphatic imine (C=N–C) groups is 1. The van der Waals surface area contributed by atoms with Crippen LogP contribution in [0.1, 0.15) is 22.8 Å². The van der Waals surface area contributed by atoms with Crippen LogP contribution in [0.4, 0.5) is 5.00 Å². The van der Waals surface area contributed by atoms with Crippen molar-refractivity contribution in [2.24, 2.45) is 4.99 Å². The van der Waals surface area contributed by atoms with Crippen molar-refractivity contribution in [2.75, 3.05) is 7.11 Å². The van der Waals surface area contributed by atoms with Gasteiger partial charge in [-0.2, -0.15) is 4.99 Å². The summed E-state index contributed by atoms with van der Waals surface area (Å²) in [6.45, 7) is 1.92. The molecule has 0 amide bonds. The molecule has 74 valence electrons. The van der Waals surface area contributed by atoms with E-state index in [1.165, 1.54) is 24.5 Å². The molecular formula is C9H9NO3S. The molecule has 0 aliphatic rings. The lowest BCUT2D eigenvalue weighted by molar-refractivity contribution is 0.0601. The summed E-state index contributed by atoms with van der Waals surface area (Å²) >= 11 is 1.24. The van der Waals surface area contributed by atoms with Crippen LogP contribution in [0.5, 0.6) is 0 Å². The van der Waals surface area contributed by atoms with E-state index in [4.69, 9.17) is 0 Å². The van der Waals surface area contributed by atoms with Gasteiger partial charge in [0.2, 0.25) is 6.08 Å². The van der Waals surface area contributed by atoms with Gasteiger partial charge < -0.3 is 4.74 Å².